The summed E-state index contributed by atoms with van der Waals surface area (Å²) in [4.78, 5) is 11.9. The number of rotatable bonds is 2. The number of hydrogen-bond donors (Lipinski definition) is 0. The molecule has 1 aromatic rings. The molecule has 0 spiro atoms. The van der Waals surface area contributed by atoms with Crippen molar-refractivity contribution in [2.24, 2.45) is 11.0 Å². The van der Waals surface area contributed by atoms with Crippen LogP contribution in [-0.4, -0.2) is 21.8 Å². The molecule has 0 bridgehead atoms. The van der Waals surface area contributed by atoms with Crippen molar-refractivity contribution in [3.8, 4) is 0 Å². The summed E-state index contributed by atoms with van der Waals surface area (Å²) in [5.41, 5.74) is 0.809. The van der Waals surface area contributed by atoms with Crippen molar-refractivity contribution >= 4 is 29.0 Å². The molecule has 0 fully saturated rings. The lowest BCUT2D eigenvalue weighted by Gasteiger charge is -2.11. The van der Waals surface area contributed by atoms with Crippen molar-refractivity contribution in [1.82, 2.24) is 10.2 Å². The number of amides is 1. The highest BCUT2D eigenvalue weighted by atomic mass is 35.5. The maximum atomic E-state index is 11.9. The lowest BCUT2D eigenvalue weighted by Crippen LogP contribution is -2.27. The van der Waals surface area contributed by atoms with Gasteiger partial charge in [-0.3, -0.25) is 4.79 Å². The standard InChI is InChI=1S/C10H11ClN4O/c1-3-7-6(2)14-15(10(7)16)9-5-4-8(11)12-13-9/h4-5,7H,3H2,1-2H3. The molecule has 16 heavy (non-hydrogen) atoms. The molecule has 1 unspecified atom stereocenters. The van der Waals surface area contributed by atoms with Crippen LogP contribution in [0.15, 0.2) is 17.2 Å². The molecule has 1 aliphatic rings. The Morgan fingerprint density at radius 1 is 1.44 bits per heavy atom. The summed E-state index contributed by atoms with van der Waals surface area (Å²) in [7, 11) is 0. The van der Waals surface area contributed by atoms with Gasteiger partial charge in [-0.2, -0.15) is 10.1 Å². The number of carbonyl (C=O) groups is 1. The van der Waals surface area contributed by atoms with Gasteiger partial charge >= 0.3 is 0 Å². The molecule has 0 saturated carbocycles. The second-order valence-corrected chi connectivity index (χ2v) is 3.95. The molecule has 84 valence electrons. The van der Waals surface area contributed by atoms with E-state index in [2.05, 4.69) is 15.3 Å². The minimum absolute atomic E-state index is 0.0587. The molecule has 0 N–H and O–H groups in total. The van der Waals surface area contributed by atoms with Crippen LogP contribution in [0.4, 0.5) is 5.82 Å². The first-order chi connectivity index (χ1) is 7.63. The van der Waals surface area contributed by atoms with Crippen LogP contribution in [0.5, 0.6) is 0 Å². The monoisotopic (exact) mass is 238 g/mol. The number of anilines is 1. The summed E-state index contributed by atoms with van der Waals surface area (Å²) in [6, 6.07) is 3.21. The largest absolute Gasteiger partial charge is 0.272 e. The highest BCUT2D eigenvalue weighted by Gasteiger charge is 2.33. The topological polar surface area (TPSA) is 58.5 Å². The molecule has 2 heterocycles. The first-order valence-corrected chi connectivity index (χ1v) is 5.39. The Labute approximate surface area is 98.1 Å². The van der Waals surface area contributed by atoms with Gasteiger partial charge in [0.1, 0.15) is 0 Å². The van der Waals surface area contributed by atoms with E-state index in [1.165, 1.54) is 5.01 Å². The van der Waals surface area contributed by atoms with E-state index in [1.807, 2.05) is 13.8 Å². The normalized spacial score (nSPS) is 20.2. The van der Waals surface area contributed by atoms with Gasteiger partial charge in [-0.15, -0.1) is 10.2 Å². The van der Waals surface area contributed by atoms with Crippen LogP contribution in [0.3, 0.4) is 0 Å². The van der Waals surface area contributed by atoms with E-state index in [1.54, 1.807) is 12.1 Å². The number of hydrogen-bond acceptors (Lipinski definition) is 4. The number of carbonyl (C=O) groups excluding carboxylic acids is 1. The lowest BCUT2D eigenvalue weighted by molar-refractivity contribution is -0.119. The van der Waals surface area contributed by atoms with E-state index < -0.39 is 0 Å². The predicted octanol–water partition coefficient (Wildman–Crippen LogP) is 1.88. The SMILES string of the molecule is CCC1C(=O)N(c2ccc(Cl)nn2)N=C1C. The third-order valence-electron chi connectivity index (χ3n) is 2.51. The van der Waals surface area contributed by atoms with Crippen LogP contribution in [0.25, 0.3) is 0 Å². The Hall–Kier alpha value is -1.49. The van der Waals surface area contributed by atoms with Gasteiger partial charge in [0.15, 0.2) is 11.0 Å². The summed E-state index contributed by atoms with van der Waals surface area (Å²) >= 11 is 5.63. The van der Waals surface area contributed by atoms with E-state index >= 15 is 0 Å². The van der Waals surface area contributed by atoms with Gasteiger partial charge in [-0.05, 0) is 25.5 Å². The average molecular weight is 239 g/mol. The van der Waals surface area contributed by atoms with Crippen molar-refractivity contribution in [3.63, 3.8) is 0 Å². The van der Waals surface area contributed by atoms with Crippen LogP contribution >= 0.6 is 11.6 Å². The van der Waals surface area contributed by atoms with Crippen molar-refractivity contribution in [2.75, 3.05) is 5.01 Å². The molecule has 2 rings (SSSR count). The quantitative estimate of drug-likeness (QED) is 0.791. The average Bonchev–Trinajstić information content (AvgIpc) is 2.55. The van der Waals surface area contributed by atoms with Crippen molar-refractivity contribution in [3.05, 3.63) is 17.3 Å². The molecule has 0 aliphatic carbocycles. The molecular weight excluding hydrogens is 228 g/mol. The minimum Gasteiger partial charge on any atom is -0.272 e. The van der Waals surface area contributed by atoms with Gasteiger partial charge in [0, 0.05) is 5.71 Å². The number of aromatic nitrogens is 2. The second kappa shape index (κ2) is 4.17. The highest BCUT2D eigenvalue weighted by molar-refractivity contribution is 6.29. The second-order valence-electron chi connectivity index (χ2n) is 3.57. The molecule has 1 atom stereocenters. The fraction of sp³-hybridized carbons (Fsp3) is 0.400. The van der Waals surface area contributed by atoms with Crippen LogP contribution < -0.4 is 5.01 Å². The summed E-state index contributed by atoms with van der Waals surface area (Å²) in [5.74, 6) is 0.207. The Bertz CT molecular complexity index is 443. The number of halogens is 1. The van der Waals surface area contributed by atoms with Crippen molar-refractivity contribution in [2.45, 2.75) is 20.3 Å². The molecule has 1 amide bonds. The summed E-state index contributed by atoms with van der Waals surface area (Å²) in [6.45, 7) is 3.80. The van der Waals surface area contributed by atoms with Crippen LogP contribution in [0.2, 0.25) is 5.15 Å². The maximum Gasteiger partial charge on any atom is 0.257 e. The molecule has 1 aliphatic heterocycles. The smallest absolute Gasteiger partial charge is 0.257 e. The molecule has 6 heteroatoms. The predicted molar refractivity (Wildman–Crippen MR) is 61.4 cm³/mol. The van der Waals surface area contributed by atoms with Crippen molar-refractivity contribution in [1.29, 1.82) is 0 Å². The molecule has 0 saturated heterocycles. The molecular formula is C10H11ClN4O. The number of hydrazone groups is 1. The first kappa shape index (κ1) is 11.0. The zero-order valence-electron chi connectivity index (χ0n) is 9.01. The molecule has 0 aromatic carbocycles. The Balaban J connectivity index is 2.30. The highest BCUT2D eigenvalue weighted by Crippen LogP contribution is 2.23. The summed E-state index contributed by atoms with van der Waals surface area (Å²) in [6.07, 6.45) is 0.742. The molecule has 5 nitrogen and oxygen atoms in total. The lowest BCUT2D eigenvalue weighted by atomic mass is 10.0. The van der Waals surface area contributed by atoms with Gasteiger partial charge in [-0.25, -0.2) is 0 Å². The Kier molecular flexibility index (Phi) is 2.87. The van der Waals surface area contributed by atoms with Crippen LogP contribution in [0.1, 0.15) is 20.3 Å². The fourth-order valence-electron chi connectivity index (χ4n) is 1.66. The molecule has 1 aromatic heterocycles. The summed E-state index contributed by atoms with van der Waals surface area (Å²) < 4.78 is 0. The van der Waals surface area contributed by atoms with E-state index in [9.17, 15) is 4.79 Å². The van der Waals surface area contributed by atoms with E-state index in [4.69, 9.17) is 11.6 Å². The van der Waals surface area contributed by atoms with E-state index in [0.29, 0.717) is 11.0 Å². The zero-order chi connectivity index (χ0) is 11.7. The fourth-order valence-corrected chi connectivity index (χ4v) is 1.76. The Morgan fingerprint density at radius 2 is 2.19 bits per heavy atom. The first-order valence-electron chi connectivity index (χ1n) is 5.01. The van der Waals surface area contributed by atoms with Crippen LogP contribution in [-0.2, 0) is 4.79 Å². The van der Waals surface area contributed by atoms with Gasteiger partial charge in [-0.1, -0.05) is 18.5 Å². The van der Waals surface area contributed by atoms with Gasteiger partial charge in [0.2, 0.25) is 0 Å². The Morgan fingerprint density at radius 3 is 2.69 bits per heavy atom. The maximum absolute atomic E-state index is 11.9. The minimum atomic E-state index is -0.141. The van der Waals surface area contributed by atoms with Gasteiger partial charge in [0.05, 0.1) is 5.92 Å². The zero-order valence-corrected chi connectivity index (χ0v) is 9.77. The van der Waals surface area contributed by atoms with Crippen LogP contribution in [0, 0.1) is 5.92 Å². The van der Waals surface area contributed by atoms with Gasteiger partial charge < -0.3 is 0 Å². The summed E-state index contributed by atoms with van der Waals surface area (Å²) in [5, 5.41) is 13.3. The van der Waals surface area contributed by atoms with Gasteiger partial charge in [0.25, 0.3) is 5.91 Å². The van der Waals surface area contributed by atoms with E-state index in [0.717, 1.165) is 12.1 Å². The third kappa shape index (κ3) is 1.78. The third-order valence-corrected chi connectivity index (χ3v) is 2.71. The molecule has 0 radical (unpaired) electrons. The number of nitrogens with zero attached hydrogens (tertiary/aromatic N) is 4. The van der Waals surface area contributed by atoms with Crippen molar-refractivity contribution < 1.29 is 4.79 Å². The van der Waals surface area contributed by atoms with E-state index in [-0.39, 0.29) is 11.8 Å².